The van der Waals surface area contributed by atoms with Gasteiger partial charge < -0.3 is 24.4 Å². The van der Waals surface area contributed by atoms with Gasteiger partial charge in [0, 0.05) is 24.1 Å². The average molecular weight is 711 g/mol. The lowest BCUT2D eigenvalue weighted by atomic mass is 10.2. The number of alkyl halides is 1. The molecule has 0 aromatic heterocycles. The summed E-state index contributed by atoms with van der Waals surface area (Å²) in [6, 6.07) is 21.7. The maximum atomic E-state index is 10.8. The molecule has 0 saturated carbocycles. The summed E-state index contributed by atoms with van der Waals surface area (Å²) in [5, 5.41) is 29.7. The van der Waals surface area contributed by atoms with E-state index in [1.165, 1.54) is 12.5 Å². The van der Waals surface area contributed by atoms with E-state index < -0.39 is 19.7 Å². The van der Waals surface area contributed by atoms with Crippen molar-refractivity contribution in [1.82, 2.24) is 0 Å². The second-order valence-electron chi connectivity index (χ2n) is 9.19. The fourth-order valence-electron chi connectivity index (χ4n) is 3.05. The first-order valence-corrected chi connectivity index (χ1v) is 19.4. The normalized spacial score (nSPS) is 10.6. The van der Waals surface area contributed by atoms with Crippen molar-refractivity contribution in [2.75, 3.05) is 55.8 Å². The largest absolute Gasteiger partial charge is 0.493 e. The molecule has 0 fully saturated rings. The van der Waals surface area contributed by atoms with E-state index in [1.54, 1.807) is 48.2 Å². The van der Waals surface area contributed by atoms with Crippen LogP contribution in [0.15, 0.2) is 72.8 Å². The summed E-state index contributed by atoms with van der Waals surface area (Å²) >= 11 is 7.41. The Labute approximate surface area is 275 Å². The second-order valence-corrected chi connectivity index (χ2v) is 15.0. The van der Waals surface area contributed by atoms with Crippen LogP contribution in [0.4, 0.5) is 0 Å². The molecule has 45 heavy (non-hydrogen) atoms. The van der Waals surface area contributed by atoms with Gasteiger partial charge in [-0.1, -0.05) is 36.4 Å². The van der Waals surface area contributed by atoms with Gasteiger partial charge in [0.1, 0.15) is 30.5 Å². The highest BCUT2D eigenvalue weighted by molar-refractivity contribution is 7.98. The number of sulfone groups is 2. The molecule has 0 aliphatic heterocycles. The minimum absolute atomic E-state index is 0.00362. The van der Waals surface area contributed by atoms with Crippen LogP contribution in [0.25, 0.3) is 0 Å². The number of ether oxygens (including phenoxy) is 3. The Morgan fingerprint density at radius 2 is 1.00 bits per heavy atom. The third-order valence-corrected chi connectivity index (χ3v) is 7.92. The highest BCUT2D eigenvalue weighted by atomic mass is 35.5. The molecule has 0 unspecified atom stereocenters. The molecule has 3 rings (SSSR count). The van der Waals surface area contributed by atoms with Crippen molar-refractivity contribution in [1.29, 1.82) is 0 Å². The van der Waals surface area contributed by atoms with Gasteiger partial charge in [-0.2, -0.15) is 11.8 Å². The summed E-state index contributed by atoms with van der Waals surface area (Å²) in [6.07, 6.45) is 4.40. The molecular weight excluding hydrogens is 668 g/mol. The van der Waals surface area contributed by atoms with Gasteiger partial charge in [0.2, 0.25) is 0 Å². The molecule has 0 radical (unpaired) electrons. The van der Waals surface area contributed by atoms with Gasteiger partial charge in [0.25, 0.3) is 0 Å². The quantitative estimate of drug-likeness (QED) is 0.0759. The van der Waals surface area contributed by atoms with Crippen LogP contribution in [0.3, 0.4) is 0 Å². The number of benzene rings is 3. The van der Waals surface area contributed by atoms with Crippen LogP contribution in [0.2, 0.25) is 0 Å². The lowest BCUT2D eigenvalue weighted by molar-refractivity contribution is -0.176. The lowest BCUT2D eigenvalue weighted by Gasteiger charge is -2.06. The number of hydrogen-bond acceptors (Lipinski definition) is 12. The topological polar surface area (TPSA) is 177 Å². The molecule has 0 amide bonds. The highest BCUT2D eigenvalue weighted by Gasteiger charge is 2.04. The van der Waals surface area contributed by atoms with Gasteiger partial charge in [0.15, 0.2) is 19.7 Å². The average Bonchev–Trinajstić information content (AvgIpc) is 3.02. The van der Waals surface area contributed by atoms with Gasteiger partial charge in [-0.3, -0.25) is 10.5 Å². The Kier molecular flexibility index (Phi) is 23.2. The van der Waals surface area contributed by atoms with Crippen LogP contribution in [0.5, 0.6) is 17.2 Å². The van der Waals surface area contributed by atoms with Crippen molar-refractivity contribution in [2.45, 2.75) is 19.1 Å². The van der Waals surface area contributed by atoms with Crippen LogP contribution < -0.4 is 14.2 Å². The smallest absolute Gasteiger partial charge is 0.150 e. The van der Waals surface area contributed by atoms with Crippen molar-refractivity contribution in [2.24, 2.45) is 0 Å². The standard InChI is InChI=1S/C10H13ClO3S.C10H14O4S.C10H14O2S.H2O2/c2*1-15(12,13)6-5-14-10-4-2-3-9(7-10)8-11;1-13-6-5-12-10-4-2-3-9(7-10)8-11;1-2/h2-4,7H,5-6,8H2,1H3;2-4,7,11H,5-6,8H2,1H3;2-4,7,11H,5-6,8H2,1H3;1-2H. The molecule has 15 heteroatoms. The first-order chi connectivity index (χ1) is 21.4. The van der Waals surface area contributed by atoms with E-state index in [2.05, 4.69) is 0 Å². The van der Waals surface area contributed by atoms with E-state index in [9.17, 15) is 16.8 Å². The number of rotatable bonds is 15. The van der Waals surface area contributed by atoms with Crippen LogP contribution in [0.1, 0.15) is 16.7 Å². The molecule has 0 atom stereocenters. The third kappa shape index (κ3) is 23.4. The summed E-state index contributed by atoms with van der Waals surface area (Å²) in [7, 11) is -5.95. The molecule has 0 aliphatic rings. The maximum Gasteiger partial charge on any atom is 0.150 e. The zero-order valence-corrected chi connectivity index (χ0v) is 28.7. The Bertz CT molecular complexity index is 1340. The first-order valence-electron chi connectivity index (χ1n) is 13.4. The van der Waals surface area contributed by atoms with Crippen molar-refractivity contribution in [3.8, 4) is 17.2 Å². The van der Waals surface area contributed by atoms with E-state index in [1.807, 2.05) is 42.7 Å². The fourth-order valence-corrected chi connectivity index (χ4v) is 4.24. The van der Waals surface area contributed by atoms with Crippen LogP contribution in [0, 0.1) is 0 Å². The maximum absolute atomic E-state index is 10.8. The fraction of sp³-hybridized carbons (Fsp3) is 0.400. The number of aliphatic hydroxyl groups excluding tert-OH is 2. The van der Waals surface area contributed by atoms with E-state index in [0.717, 1.165) is 34.8 Å². The monoisotopic (exact) mass is 710 g/mol. The minimum Gasteiger partial charge on any atom is -0.493 e. The summed E-state index contributed by atoms with van der Waals surface area (Å²) in [6.45, 7) is 1.04. The zero-order valence-electron chi connectivity index (χ0n) is 25.5. The summed E-state index contributed by atoms with van der Waals surface area (Å²) in [5.74, 6) is 3.49. The van der Waals surface area contributed by atoms with E-state index >= 15 is 0 Å². The molecule has 0 bridgehead atoms. The second kappa shape index (κ2) is 24.6. The van der Waals surface area contributed by atoms with Gasteiger partial charge in [-0.15, -0.1) is 11.6 Å². The number of halogens is 1. The number of thioether (sulfide) groups is 1. The van der Waals surface area contributed by atoms with Gasteiger partial charge in [-0.05, 0) is 59.3 Å². The predicted molar refractivity (Wildman–Crippen MR) is 180 cm³/mol. The first kappa shape index (κ1) is 42.4. The Morgan fingerprint density at radius 3 is 1.33 bits per heavy atom. The van der Waals surface area contributed by atoms with Crippen molar-refractivity contribution in [3.63, 3.8) is 0 Å². The molecule has 0 aliphatic carbocycles. The molecule has 0 spiro atoms. The molecule has 0 heterocycles. The van der Waals surface area contributed by atoms with Crippen LogP contribution >= 0.6 is 23.4 Å². The summed E-state index contributed by atoms with van der Waals surface area (Å²) in [4.78, 5) is 0. The minimum atomic E-state index is -2.98. The molecular formula is C30H43ClO11S3. The van der Waals surface area contributed by atoms with Gasteiger partial charge in [-0.25, -0.2) is 16.8 Å². The molecule has 11 nitrogen and oxygen atoms in total. The van der Waals surface area contributed by atoms with Gasteiger partial charge >= 0.3 is 0 Å². The Balaban J connectivity index is 0.000000629. The molecule has 254 valence electrons. The van der Waals surface area contributed by atoms with Crippen molar-refractivity contribution < 1.29 is 51.8 Å². The summed E-state index contributed by atoms with van der Waals surface area (Å²) < 4.78 is 59.3. The summed E-state index contributed by atoms with van der Waals surface area (Å²) in [5.41, 5.74) is 2.59. The number of hydrogen-bond donors (Lipinski definition) is 4. The van der Waals surface area contributed by atoms with E-state index in [4.69, 9.17) is 46.5 Å². The molecule has 3 aromatic carbocycles. The Morgan fingerprint density at radius 1 is 0.644 bits per heavy atom. The molecule has 4 N–H and O–H groups in total. The van der Waals surface area contributed by atoms with E-state index in [-0.39, 0.29) is 37.9 Å². The van der Waals surface area contributed by atoms with Crippen molar-refractivity contribution in [3.05, 3.63) is 89.5 Å². The SMILES string of the molecule is CS(=O)(=O)CCOc1cccc(CCl)c1.CS(=O)(=O)CCOc1cccc(CO)c1.CSCCOc1cccc(CO)c1.OO. The highest BCUT2D eigenvalue weighted by Crippen LogP contribution is 2.15. The lowest BCUT2D eigenvalue weighted by Crippen LogP contribution is -2.12. The number of aliphatic hydroxyl groups is 2. The van der Waals surface area contributed by atoms with Crippen molar-refractivity contribution >= 4 is 43.0 Å². The van der Waals surface area contributed by atoms with Crippen LogP contribution in [-0.4, -0.2) is 93.4 Å². The predicted octanol–water partition coefficient (Wildman–Crippen LogP) is 4.39. The molecule has 3 aromatic rings. The molecule has 0 saturated heterocycles. The Hall–Kier alpha value is -2.56. The van der Waals surface area contributed by atoms with Gasteiger partial charge in [0.05, 0.1) is 31.3 Å². The third-order valence-electron chi connectivity index (χ3n) is 5.22. The van der Waals surface area contributed by atoms with E-state index in [0.29, 0.717) is 17.4 Å². The zero-order chi connectivity index (χ0) is 34.1. The van der Waals surface area contributed by atoms with Crippen LogP contribution in [-0.2, 0) is 38.8 Å².